The van der Waals surface area contributed by atoms with Gasteiger partial charge < -0.3 is 14.6 Å². The fourth-order valence-electron chi connectivity index (χ4n) is 2.39. The molecule has 0 radical (unpaired) electrons. The Balaban J connectivity index is 3.14. The van der Waals surface area contributed by atoms with Crippen LogP contribution in [-0.2, 0) is 23.9 Å². The molecule has 0 heterocycles. The number of methoxy groups -OCH3 is 2. The minimum Gasteiger partial charge on any atom is -0.478 e. The van der Waals surface area contributed by atoms with Crippen molar-refractivity contribution in [3.8, 4) is 0 Å². The van der Waals surface area contributed by atoms with Gasteiger partial charge in [-0.15, -0.1) is 0 Å². The lowest BCUT2D eigenvalue weighted by Gasteiger charge is -2.22. The highest BCUT2D eigenvalue weighted by atomic mass is 16.5. The second kappa shape index (κ2) is 5.20. The van der Waals surface area contributed by atoms with Gasteiger partial charge in [-0.2, -0.15) is 0 Å². The summed E-state index contributed by atoms with van der Waals surface area (Å²) in [6.07, 6.45) is 1.27. The van der Waals surface area contributed by atoms with Gasteiger partial charge in [0.25, 0.3) is 0 Å². The quantitative estimate of drug-likeness (QED) is 0.455. The molecule has 1 saturated carbocycles. The van der Waals surface area contributed by atoms with Crippen molar-refractivity contribution in [1.82, 2.24) is 0 Å². The highest BCUT2D eigenvalue weighted by Crippen LogP contribution is 2.46. The van der Waals surface area contributed by atoms with Crippen molar-refractivity contribution in [2.75, 3.05) is 14.2 Å². The molecule has 0 saturated heterocycles. The van der Waals surface area contributed by atoms with E-state index < -0.39 is 23.3 Å². The zero-order chi connectivity index (χ0) is 13.9. The molecule has 0 aromatic rings. The average molecular weight is 256 g/mol. The average Bonchev–Trinajstić information content (AvgIpc) is 2.65. The number of carboxylic acids is 1. The van der Waals surface area contributed by atoms with Crippen LogP contribution < -0.4 is 0 Å². The summed E-state index contributed by atoms with van der Waals surface area (Å²) in [5.41, 5.74) is -0.872. The van der Waals surface area contributed by atoms with Crippen LogP contribution >= 0.6 is 0 Å². The molecule has 6 nitrogen and oxygen atoms in total. The minimum absolute atomic E-state index is 0.0276. The van der Waals surface area contributed by atoms with Crippen molar-refractivity contribution in [2.45, 2.75) is 19.8 Å². The summed E-state index contributed by atoms with van der Waals surface area (Å²) in [4.78, 5) is 34.3. The molecular formula is C12H16O6. The van der Waals surface area contributed by atoms with Gasteiger partial charge in [-0.3, -0.25) is 9.59 Å². The SMILES string of the molecule is COC(=O)C1(C(=O)OC)C/C(=C/C(=O)O)C(C)C1. The molecule has 1 rings (SSSR count). The van der Waals surface area contributed by atoms with Crippen LogP contribution in [0.15, 0.2) is 11.6 Å². The van der Waals surface area contributed by atoms with E-state index in [1.165, 1.54) is 14.2 Å². The first kappa shape index (κ1) is 14.2. The molecular weight excluding hydrogens is 240 g/mol. The molecule has 100 valence electrons. The maximum Gasteiger partial charge on any atom is 0.328 e. The topological polar surface area (TPSA) is 89.9 Å². The molecule has 1 unspecified atom stereocenters. The fraction of sp³-hybridized carbons (Fsp3) is 0.583. The Morgan fingerprint density at radius 3 is 2.17 bits per heavy atom. The van der Waals surface area contributed by atoms with Crippen LogP contribution in [0.4, 0.5) is 0 Å². The van der Waals surface area contributed by atoms with Crippen molar-refractivity contribution in [3.63, 3.8) is 0 Å². The molecule has 1 N–H and O–H groups in total. The van der Waals surface area contributed by atoms with Crippen LogP contribution in [0.1, 0.15) is 19.8 Å². The Kier molecular flexibility index (Phi) is 4.11. The molecule has 0 bridgehead atoms. The van der Waals surface area contributed by atoms with E-state index in [1.807, 2.05) is 0 Å². The van der Waals surface area contributed by atoms with Gasteiger partial charge in [-0.25, -0.2) is 4.79 Å². The zero-order valence-electron chi connectivity index (χ0n) is 10.6. The monoisotopic (exact) mass is 256 g/mol. The lowest BCUT2D eigenvalue weighted by Crippen LogP contribution is -2.39. The Labute approximate surface area is 105 Å². The molecule has 0 aliphatic heterocycles. The molecule has 1 atom stereocenters. The van der Waals surface area contributed by atoms with Gasteiger partial charge in [-0.05, 0) is 18.8 Å². The summed E-state index contributed by atoms with van der Waals surface area (Å²) in [5.74, 6) is -2.65. The summed E-state index contributed by atoms with van der Waals surface area (Å²) >= 11 is 0. The normalized spacial score (nSPS) is 23.7. The van der Waals surface area contributed by atoms with Crippen LogP contribution in [-0.4, -0.2) is 37.2 Å². The van der Waals surface area contributed by atoms with E-state index in [1.54, 1.807) is 6.92 Å². The molecule has 1 aliphatic carbocycles. The van der Waals surface area contributed by atoms with Gasteiger partial charge >= 0.3 is 17.9 Å². The van der Waals surface area contributed by atoms with Crippen molar-refractivity contribution in [1.29, 1.82) is 0 Å². The van der Waals surface area contributed by atoms with Gasteiger partial charge in [0, 0.05) is 6.08 Å². The number of carboxylic acid groups (broad SMARTS) is 1. The summed E-state index contributed by atoms with van der Waals surface area (Å²) in [5, 5.41) is 8.74. The lowest BCUT2D eigenvalue weighted by atomic mass is 9.85. The first-order chi connectivity index (χ1) is 8.37. The van der Waals surface area contributed by atoms with Gasteiger partial charge in [0.05, 0.1) is 14.2 Å². The number of esters is 2. The molecule has 6 heteroatoms. The molecule has 0 spiro atoms. The minimum atomic E-state index is -1.41. The Bertz CT molecular complexity index is 393. The van der Waals surface area contributed by atoms with Crippen molar-refractivity contribution >= 4 is 17.9 Å². The molecule has 0 amide bonds. The van der Waals surface area contributed by atoms with Crippen molar-refractivity contribution < 1.29 is 29.0 Å². The van der Waals surface area contributed by atoms with E-state index in [4.69, 9.17) is 5.11 Å². The molecule has 1 fully saturated rings. The fourth-order valence-corrected chi connectivity index (χ4v) is 2.39. The van der Waals surface area contributed by atoms with Crippen molar-refractivity contribution in [3.05, 3.63) is 11.6 Å². The third-order valence-electron chi connectivity index (χ3n) is 3.25. The van der Waals surface area contributed by atoms with Gasteiger partial charge in [0.1, 0.15) is 0 Å². The number of rotatable bonds is 3. The Morgan fingerprint density at radius 1 is 1.28 bits per heavy atom. The molecule has 0 aromatic heterocycles. The van der Waals surface area contributed by atoms with Crippen LogP contribution in [0.2, 0.25) is 0 Å². The van der Waals surface area contributed by atoms with Gasteiger partial charge in [0.2, 0.25) is 0 Å². The number of carbonyl (C=O) groups excluding carboxylic acids is 2. The molecule has 1 aliphatic rings. The smallest absolute Gasteiger partial charge is 0.328 e. The molecule has 18 heavy (non-hydrogen) atoms. The number of hydrogen-bond donors (Lipinski definition) is 1. The van der Waals surface area contributed by atoms with Crippen LogP contribution in [0, 0.1) is 11.3 Å². The van der Waals surface area contributed by atoms with Crippen LogP contribution in [0.25, 0.3) is 0 Å². The maximum absolute atomic E-state index is 11.8. The van der Waals surface area contributed by atoms with Crippen LogP contribution in [0.3, 0.4) is 0 Å². The number of hydrogen-bond acceptors (Lipinski definition) is 5. The third-order valence-corrected chi connectivity index (χ3v) is 3.25. The maximum atomic E-state index is 11.8. The van der Waals surface area contributed by atoms with Crippen LogP contribution in [0.5, 0.6) is 0 Å². The Morgan fingerprint density at radius 2 is 1.78 bits per heavy atom. The van der Waals surface area contributed by atoms with E-state index in [0.717, 1.165) is 6.08 Å². The largest absolute Gasteiger partial charge is 0.478 e. The summed E-state index contributed by atoms with van der Waals surface area (Å²) in [7, 11) is 2.38. The number of aliphatic carboxylic acids is 1. The predicted octanol–water partition coefficient (Wildman–Crippen LogP) is 0.760. The summed E-state index contributed by atoms with van der Waals surface area (Å²) in [6, 6.07) is 0. The number of allylic oxidation sites excluding steroid dienone is 1. The van der Waals surface area contributed by atoms with E-state index in [0.29, 0.717) is 5.57 Å². The highest BCUT2D eigenvalue weighted by molar-refractivity contribution is 6.01. The summed E-state index contributed by atoms with van der Waals surface area (Å²) in [6.45, 7) is 1.77. The highest BCUT2D eigenvalue weighted by Gasteiger charge is 2.54. The lowest BCUT2D eigenvalue weighted by molar-refractivity contribution is -0.168. The van der Waals surface area contributed by atoms with Gasteiger partial charge in [0.15, 0.2) is 5.41 Å². The third kappa shape index (κ3) is 2.37. The second-order valence-corrected chi connectivity index (χ2v) is 4.40. The standard InChI is InChI=1S/C12H16O6/c1-7-5-12(10(15)17-2,11(16)18-3)6-8(7)4-9(13)14/h4,7H,5-6H2,1-3H3,(H,13,14)/b8-4-. The van der Waals surface area contributed by atoms with E-state index in [-0.39, 0.29) is 18.8 Å². The number of ether oxygens (including phenoxy) is 2. The van der Waals surface area contributed by atoms with E-state index in [2.05, 4.69) is 9.47 Å². The first-order valence-electron chi connectivity index (χ1n) is 5.47. The predicted molar refractivity (Wildman–Crippen MR) is 60.6 cm³/mol. The Hall–Kier alpha value is -1.85. The van der Waals surface area contributed by atoms with Crippen molar-refractivity contribution in [2.24, 2.45) is 11.3 Å². The second-order valence-electron chi connectivity index (χ2n) is 4.40. The van der Waals surface area contributed by atoms with E-state index in [9.17, 15) is 14.4 Å². The van der Waals surface area contributed by atoms with Gasteiger partial charge in [-0.1, -0.05) is 12.5 Å². The number of carbonyl (C=O) groups is 3. The molecule has 0 aromatic carbocycles. The first-order valence-corrected chi connectivity index (χ1v) is 5.47. The van der Waals surface area contributed by atoms with E-state index >= 15 is 0 Å². The summed E-state index contributed by atoms with van der Waals surface area (Å²) < 4.78 is 9.30. The zero-order valence-corrected chi connectivity index (χ0v) is 10.6.